The summed E-state index contributed by atoms with van der Waals surface area (Å²) in [6, 6.07) is 1.47. The van der Waals surface area contributed by atoms with E-state index in [0.717, 1.165) is 0 Å². The molecule has 0 bridgehead atoms. The van der Waals surface area contributed by atoms with Crippen LogP contribution in [-0.4, -0.2) is 4.98 Å². The molecule has 0 aliphatic rings. The van der Waals surface area contributed by atoms with Gasteiger partial charge in [-0.15, -0.1) is 11.6 Å². The maximum atomic E-state index is 5.73. The Morgan fingerprint density at radius 2 is 1.91 bits per heavy atom. The molecule has 0 spiro atoms. The van der Waals surface area contributed by atoms with E-state index in [9.17, 15) is 0 Å². The van der Waals surface area contributed by atoms with Gasteiger partial charge in [0.25, 0.3) is 0 Å². The van der Waals surface area contributed by atoms with Crippen LogP contribution in [0, 0.1) is 0 Å². The fourth-order valence-electron chi connectivity index (χ4n) is 0.605. The van der Waals surface area contributed by atoms with E-state index in [1.165, 1.54) is 6.07 Å². The zero-order valence-corrected chi connectivity index (χ0v) is 8.27. The molecule has 0 unspecified atom stereocenters. The quantitative estimate of drug-likeness (QED) is 0.529. The summed E-state index contributed by atoms with van der Waals surface area (Å²) in [4.78, 5) is 3.87. The molecule has 1 nitrogen and oxygen atoms in total. The minimum absolute atomic E-state index is 0.207. The van der Waals surface area contributed by atoms with Crippen molar-refractivity contribution in [3.8, 4) is 0 Å². The Balaban J connectivity index is 3.24. The van der Waals surface area contributed by atoms with Crippen LogP contribution in [0.3, 0.4) is 0 Å². The zero-order valence-electron chi connectivity index (χ0n) is 5.24. The fourth-order valence-corrected chi connectivity index (χ4v) is 1.51. The molecule has 0 radical (unpaired) electrons. The summed E-state index contributed by atoms with van der Waals surface area (Å²) in [6.07, 6.45) is 0. The van der Waals surface area contributed by atoms with Gasteiger partial charge in [0.2, 0.25) is 0 Å². The molecular formula is C6H3Cl4N. The smallest absolute Gasteiger partial charge is 0.130 e. The number of hydrogen-bond donors (Lipinski definition) is 0. The minimum Gasteiger partial charge on any atom is -0.238 e. The van der Waals surface area contributed by atoms with Crippen molar-refractivity contribution in [1.82, 2.24) is 4.98 Å². The molecule has 0 aliphatic heterocycles. The van der Waals surface area contributed by atoms with Gasteiger partial charge in [0.1, 0.15) is 5.15 Å². The van der Waals surface area contributed by atoms with Crippen LogP contribution in [0.15, 0.2) is 6.07 Å². The zero-order chi connectivity index (χ0) is 8.43. The van der Waals surface area contributed by atoms with Crippen LogP contribution in [0.1, 0.15) is 5.69 Å². The molecule has 1 rings (SSSR count). The highest BCUT2D eigenvalue weighted by atomic mass is 35.5. The fraction of sp³-hybridized carbons (Fsp3) is 0.167. The number of aromatic nitrogens is 1. The normalized spacial score (nSPS) is 10.2. The predicted molar refractivity (Wildman–Crippen MR) is 48.8 cm³/mol. The van der Waals surface area contributed by atoms with Gasteiger partial charge in [-0.3, -0.25) is 0 Å². The number of nitrogens with zero attached hydrogens (tertiary/aromatic N) is 1. The van der Waals surface area contributed by atoms with Crippen molar-refractivity contribution in [3.63, 3.8) is 0 Å². The van der Waals surface area contributed by atoms with E-state index in [1.54, 1.807) is 0 Å². The lowest BCUT2D eigenvalue weighted by Crippen LogP contribution is -1.87. The van der Waals surface area contributed by atoms with Crippen molar-refractivity contribution < 1.29 is 0 Å². The first-order chi connectivity index (χ1) is 5.15. The van der Waals surface area contributed by atoms with Crippen molar-refractivity contribution in [2.45, 2.75) is 5.88 Å². The van der Waals surface area contributed by atoms with Crippen molar-refractivity contribution in [2.75, 3.05) is 0 Å². The lowest BCUT2D eigenvalue weighted by molar-refractivity contribution is 1.17. The summed E-state index contributed by atoms with van der Waals surface area (Å²) in [6.45, 7) is 0. The third-order valence-electron chi connectivity index (χ3n) is 1.08. The molecule has 0 aromatic carbocycles. The average Bonchev–Trinajstić information content (AvgIpc) is 1.96. The van der Waals surface area contributed by atoms with Crippen LogP contribution >= 0.6 is 46.4 Å². The van der Waals surface area contributed by atoms with E-state index in [4.69, 9.17) is 46.4 Å². The molecule has 1 aromatic rings. The first kappa shape index (κ1) is 9.40. The summed E-state index contributed by atoms with van der Waals surface area (Å²) in [5.41, 5.74) is 0.505. The van der Waals surface area contributed by atoms with Gasteiger partial charge in [0.05, 0.1) is 21.6 Å². The third kappa shape index (κ3) is 2.12. The molecule has 0 saturated heterocycles. The summed E-state index contributed by atoms with van der Waals surface area (Å²) in [5, 5.41) is 1.04. The van der Waals surface area contributed by atoms with Gasteiger partial charge >= 0.3 is 0 Å². The number of alkyl halides is 1. The van der Waals surface area contributed by atoms with Gasteiger partial charge in [0, 0.05) is 0 Å². The second kappa shape index (κ2) is 3.81. The van der Waals surface area contributed by atoms with Gasteiger partial charge in [-0.1, -0.05) is 34.8 Å². The Labute approximate surface area is 84.2 Å². The molecule has 0 saturated carbocycles. The molecule has 1 aromatic heterocycles. The average molecular weight is 231 g/mol. The van der Waals surface area contributed by atoms with Crippen LogP contribution in [0.25, 0.3) is 0 Å². The maximum Gasteiger partial charge on any atom is 0.130 e. The topological polar surface area (TPSA) is 12.9 Å². The van der Waals surface area contributed by atoms with Crippen LogP contribution in [0.4, 0.5) is 0 Å². The monoisotopic (exact) mass is 229 g/mol. The Morgan fingerprint density at radius 3 is 2.45 bits per heavy atom. The van der Waals surface area contributed by atoms with E-state index in [-0.39, 0.29) is 5.88 Å². The van der Waals surface area contributed by atoms with Crippen molar-refractivity contribution >= 4 is 46.4 Å². The minimum atomic E-state index is 0.207. The predicted octanol–water partition coefficient (Wildman–Crippen LogP) is 3.78. The van der Waals surface area contributed by atoms with E-state index >= 15 is 0 Å². The van der Waals surface area contributed by atoms with Gasteiger partial charge in [-0.2, -0.15) is 0 Å². The van der Waals surface area contributed by atoms with Crippen LogP contribution in [-0.2, 0) is 5.88 Å². The standard InChI is InChI=1S/C6H3Cl4N/c7-2-4-6(10)3(8)1-5(9)11-4/h1H,2H2. The van der Waals surface area contributed by atoms with Crippen molar-refractivity contribution in [2.24, 2.45) is 0 Å². The molecule has 60 valence electrons. The third-order valence-corrected chi connectivity index (χ3v) is 2.34. The molecule has 0 aliphatic carbocycles. The lowest BCUT2D eigenvalue weighted by Gasteiger charge is -2.00. The van der Waals surface area contributed by atoms with Crippen molar-refractivity contribution in [3.05, 3.63) is 27.0 Å². The highest BCUT2D eigenvalue weighted by Crippen LogP contribution is 2.27. The summed E-state index contributed by atoms with van der Waals surface area (Å²) < 4.78 is 0. The summed E-state index contributed by atoms with van der Waals surface area (Å²) in [5.74, 6) is 0.207. The number of rotatable bonds is 1. The SMILES string of the molecule is ClCc1nc(Cl)cc(Cl)c1Cl. The van der Waals surface area contributed by atoms with Gasteiger partial charge in [-0.05, 0) is 6.07 Å². The Bertz CT molecular complexity index is 274. The Hall–Kier alpha value is 0.310. The summed E-state index contributed by atoms with van der Waals surface area (Å²) >= 11 is 22.5. The second-order valence-corrected chi connectivity index (χ2v) is 3.26. The number of hydrogen-bond acceptors (Lipinski definition) is 1. The Morgan fingerprint density at radius 1 is 1.27 bits per heavy atom. The van der Waals surface area contributed by atoms with Gasteiger partial charge in [-0.25, -0.2) is 4.98 Å². The van der Waals surface area contributed by atoms with Gasteiger partial charge < -0.3 is 0 Å². The van der Waals surface area contributed by atoms with Crippen LogP contribution in [0.2, 0.25) is 15.2 Å². The highest BCUT2D eigenvalue weighted by Gasteiger charge is 2.06. The molecule has 0 fully saturated rings. The highest BCUT2D eigenvalue weighted by molar-refractivity contribution is 6.43. The van der Waals surface area contributed by atoms with E-state index in [2.05, 4.69) is 4.98 Å². The molecule has 1 heterocycles. The van der Waals surface area contributed by atoms with E-state index in [0.29, 0.717) is 20.9 Å². The van der Waals surface area contributed by atoms with Crippen LogP contribution < -0.4 is 0 Å². The second-order valence-electron chi connectivity index (χ2n) is 1.82. The largest absolute Gasteiger partial charge is 0.238 e. The summed E-state index contributed by atoms with van der Waals surface area (Å²) in [7, 11) is 0. The van der Waals surface area contributed by atoms with E-state index < -0.39 is 0 Å². The maximum absolute atomic E-state index is 5.73. The lowest BCUT2D eigenvalue weighted by atomic mass is 10.4. The molecule has 11 heavy (non-hydrogen) atoms. The first-order valence-corrected chi connectivity index (χ1v) is 4.38. The van der Waals surface area contributed by atoms with Crippen molar-refractivity contribution in [1.29, 1.82) is 0 Å². The molecule has 0 N–H and O–H groups in total. The van der Waals surface area contributed by atoms with E-state index in [1.807, 2.05) is 0 Å². The van der Waals surface area contributed by atoms with Gasteiger partial charge in [0.15, 0.2) is 0 Å². The Kier molecular flexibility index (Phi) is 3.26. The molecular weight excluding hydrogens is 228 g/mol. The molecule has 0 atom stereocenters. The molecule has 5 heteroatoms. The number of halogens is 4. The van der Waals surface area contributed by atoms with Crippen LogP contribution in [0.5, 0.6) is 0 Å². The number of pyridine rings is 1. The first-order valence-electron chi connectivity index (χ1n) is 2.71. The molecule has 0 amide bonds.